The maximum Gasteiger partial charge on any atom is 0.407 e. The zero-order valence-corrected chi connectivity index (χ0v) is 12.9. The van der Waals surface area contributed by atoms with Crippen molar-refractivity contribution in [2.75, 3.05) is 0 Å². The van der Waals surface area contributed by atoms with Gasteiger partial charge in [-0.1, -0.05) is 12.1 Å². The van der Waals surface area contributed by atoms with Crippen molar-refractivity contribution in [2.45, 2.75) is 45.3 Å². The van der Waals surface area contributed by atoms with E-state index in [0.717, 1.165) is 5.56 Å². The third kappa shape index (κ3) is 6.75. The van der Waals surface area contributed by atoms with Crippen molar-refractivity contribution in [3.8, 4) is 6.07 Å². The molecule has 1 aromatic carbocycles. The summed E-state index contributed by atoms with van der Waals surface area (Å²) >= 11 is 0. The first-order valence-corrected chi connectivity index (χ1v) is 6.88. The first-order valence-electron chi connectivity index (χ1n) is 6.88. The van der Waals surface area contributed by atoms with Gasteiger partial charge in [0.15, 0.2) is 0 Å². The number of rotatable bonds is 5. The fraction of sp³-hybridized carbons (Fsp3) is 0.438. The molecule has 0 aliphatic carbocycles. The van der Waals surface area contributed by atoms with Gasteiger partial charge in [0.25, 0.3) is 0 Å². The summed E-state index contributed by atoms with van der Waals surface area (Å²) in [4.78, 5) is 22.6. The molecule has 0 aliphatic rings. The molecule has 118 valence electrons. The Bertz CT molecular complexity index is 585. The van der Waals surface area contributed by atoms with Crippen LogP contribution >= 0.6 is 0 Å². The van der Waals surface area contributed by atoms with Crippen molar-refractivity contribution < 1.29 is 19.4 Å². The number of aliphatic carboxylic acids is 1. The highest BCUT2D eigenvalue weighted by molar-refractivity contribution is 5.70. The number of nitriles is 1. The molecule has 1 amide bonds. The molecule has 6 nitrogen and oxygen atoms in total. The van der Waals surface area contributed by atoms with Crippen LogP contribution in [0.1, 0.15) is 38.3 Å². The van der Waals surface area contributed by atoms with Crippen LogP contribution in [0.25, 0.3) is 0 Å². The Kier molecular flexibility index (Phi) is 5.93. The molecular weight excluding hydrogens is 284 g/mol. The van der Waals surface area contributed by atoms with E-state index in [0.29, 0.717) is 5.56 Å². The van der Waals surface area contributed by atoms with E-state index in [1.54, 1.807) is 45.0 Å². The average Bonchev–Trinajstić information content (AvgIpc) is 2.35. The molecule has 1 rings (SSSR count). The number of alkyl carbamates (subject to hydrolysis) is 1. The summed E-state index contributed by atoms with van der Waals surface area (Å²) in [6, 6.07) is 8.11. The lowest BCUT2D eigenvalue weighted by atomic mass is 10.0. The highest BCUT2D eigenvalue weighted by Crippen LogP contribution is 2.11. The topological polar surface area (TPSA) is 102 Å². The van der Waals surface area contributed by atoms with Gasteiger partial charge in [-0.25, -0.2) is 4.79 Å². The van der Waals surface area contributed by atoms with Crippen molar-refractivity contribution >= 4 is 12.1 Å². The minimum Gasteiger partial charge on any atom is -0.550 e. The lowest BCUT2D eigenvalue weighted by Crippen LogP contribution is -2.43. The average molecular weight is 303 g/mol. The smallest absolute Gasteiger partial charge is 0.407 e. The molecule has 1 N–H and O–H groups in total. The summed E-state index contributed by atoms with van der Waals surface area (Å²) in [6.07, 6.45) is -0.756. The quantitative estimate of drug-likeness (QED) is 0.878. The number of benzene rings is 1. The SMILES string of the molecule is CC(C)(C)OC(=O)N[C@@H](CC(=O)[O-])Cc1cccc(C#N)c1. The second kappa shape index (κ2) is 7.46. The van der Waals surface area contributed by atoms with Gasteiger partial charge in [-0.05, 0) is 44.9 Å². The predicted molar refractivity (Wildman–Crippen MR) is 77.6 cm³/mol. The predicted octanol–water partition coefficient (Wildman–Crippen LogP) is 1.13. The number of nitrogens with one attached hydrogen (secondary N) is 1. The fourth-order valence-electron chi connectivity index (χ4n) is 1.90. The zero-order chi connectivity index (χ0) is 16.8. The number of carboxylic acids is 1. The lowest BCUT2D eigenvalue weighted by Gasteiger charge is -2.24. The lowest BCUT2D eigenvalue weighted by molar-refractivity contribution is -0.306. The number of carbonyl (C=O) groups excluding carboxylic acids is 2. The highest BCUT2D eigenvalue weighted by Gasteiger charge is 2.20. The molecule has 6 heteroatoms. The zero-order valence-electron chi connectivity index (χ0n) is 12.9. The molecule has 0 aromatic heterocycles. The molecule has 0 bridgehead atoms. The van der Waals surface area contributed by atoms with E-state index >= 15 is 0 Å². The van der Waals surface area contributed by atoms with Crippen LogP contribution in [0.15, 0.2) is 24.3 Å². The Hall–Kier alpha value is -2.55. The Balaban J connectivity index is 2.78. The Morgan fingerprint density at radius 2 is 2.09 bits per heavy atom. The maximum absolute atomic E-state index is 11.8. The van der Waals surface area contributed by atoms with E-state index in [2.05, 4.69) is 5.32 Å². The number of ether oxygens (including phenoxy) is 1. The Morgan fingerprint density at radius 1 is 1.41 bits per heavy atom. The van der Waals surface area contributed by atoms with Crippen molar-refractivity contribution in [2.24, 2.45) is 0 Å². The molecule has 22 heavy (non-hydrogen) atoms. The summed E-state index contributed by atoms with van der Waals surface area (Å²) in [5, 5.41) is 22.2. The van der Waals surface area contributed by atoms with Crippen molar-refractivity contribution in [3.05, 3.63) is 35.4 Å². The van der Waals surface area contributed by atoms with Crippen LogP contribution in [0.4, 0.5) is 4.79 Å². The van der Waals surface area contributed by atoms with Gasteiger partial charge in [0.05, 0.1) is 11.6 Å². The number of carboxylic acid groups (broad SMARTS) is 1. The molecule has 1 atom stereocenters. The van der Waals surface area contributed by atoms with E-state index in [4.69, 9.17) is 10.00 Å². The molecular formula is C16H19N2O4-. The molecule has 1 aromatic rings. The van der Waals surface area contributed by atoms with Gasteiger partial charge in [0.2, 0.25) is 0 Å². The summed E-state index contributed by atoms with van der Waals surface area (Å²) in [6.45, 7) is 5.16. The van der Waals surface area contributed by atoms with Crippen molar-refractivity contribution in [1.29, 1.82) is 5.26 Å². The monoisotopic (exact) mass is 303 g/mol. The van der Waals surface area contributed by atoms with E-state index in [1.165, 1.54) is 0 Å². The summed E-state index contributed by atoms with van der Waals surface area (Å²) in [5.41, 5.74) is 0.555. The highest BCUT2D eigenvalue weighted by atomic mass is 16.6. The van der Waals surface area contributed by atoms with Gasteiger partial charge in [-0.3, -0.25) is 0 Å². The minimum absolute atomic E-state index is 0.267. The molecule has 0 saturated carbocycles. The third-order valence-corrected chi connectivity index (χ3v) is 2.67. The van der Waals surface area contributed by atoms with Gasteiger partial charge in [0.1, 0.15) is 5.60 Å². The van der Waals surface area contributed by atoms with Crippen LogP contribution in [-0.4, -0.2) is 23.7 Å². The van der Waals surface area contributed by atoms with Crippen LogP contribution in [-0.2, 0) is 16.0 Å². The van der Waals surface area contributed by atoms with Gasteiger partial charge in [-0.2, -0.15) is 5.26 Å². The molecule has 0 saturated heterocycles. The fourth-order valence-corrected chi connectivity index (χ4v) is 1.90. The number of hydrogen-bond acceptors (Lipinski definition) is 5. The molecule has 0 unspecified atom stereocenters. The van der Waals surface area contributed by atoms with Gasteiger partial charge in [0, 0.05) is 18.4 Å². The first kappa shape index (κ1) is 17.5. The van der Waals surface area contributed by atoms with E-state index < -0.39 is 23.7 Å². The number of amides is 1. The number of nitrogens with zero attached hydrogens (tertiary/aromatic N) is 1. The largest absolute Gasteiger partial charge is 0.550 e. The van der Waals surface area contributed by atoms with Gasteiger partial charge in [-0.15, -0.1) is 0 Å². The van der Waals surface area contributed by atoms with Crippen LogP contribution < -0.4 is 10.4 Å². The van der Waals surface area contributed by atoms with Crippen LogP contribution in [0, 0.1) is 11.3 Å². The molecule has 0 heterocycles. The van der Waals surface area contributed by atoms with Crippen LogP contribution in [0.3, 0.4) is 0 Å². The van der Waals surface area contributed by atoms with Gasteiger partial charge >= 0.3 is 6.09 Å². The summed E-state index contributed by atoms with van der Waals surface area (Å²) in [7, 11) is 0. The number of hydrogen-bond donors (Lipinski definition) is 1. The van der Waals surface area contributed by atoms with Crippen molar-refractivity contribution in [3.63, 3.8) is 0 Å². The van der Waals surface area contributed by atoms with E-state index in [1.807, 2.05) is 6.07 Å². The standard InChI is InChI=1S/C16H20N2O4/c1-16(2,3)22-15(21)18-13(9-14(19)20)8-11-5-4-6-12(7-11)10-17/h4-7,13H,8-9H2,1-3H3,(H,18,21)(H,19,20)/p-1/t13-/m1/s1. The first-order chi connectivity index (χ1) is 10.2. The summed E-state index contributed by atoms with van der Waals surface area (Å²) in [5.74, 6) is -1.27. The van der Waals surface area contributed by atoms with Gasteiger partial charge < -0.3 is 20.0 Å². The molecule has 0 radical (unpaired) electrons. The molecule has 0 spiro atoms. The number of carbonyl (C=O) groups is 2. The summed E-state index contributed by atoms with van der Waals surface area (Å²) < 4.78 is 5.12. The van der Waals surface area contributed by atoms with Crippen LogP contribution in [0.5, 0.6) is 0 Å². The second-order valence-corrected chi connectivity index (χ2v) is 5.94. The van der Waals surface area contributed by atoms with E-state index in [-0.39, 0.29) is 12.8 Å². The molecule has 0 aliphatic heterocycles. The molecule has 0 fully saturated rings. The normalized spacial score (nSPS) is 12.1. The second-order valence-electron chi connectivity index (χ2n) is 5.94. The van der Waals surface area contributed by atoms with Crippen molar-refractivity contribution in [1.82, 2.24) is 5.32 Å². The Morgan fingerprint density at radius 3 is 2.64 bits per heavy atom. The minimum atomic E-state index is -1.27. The van der Waals surface area contributed by atoms with E-state index in [9.17, 15) is 14.7 Å². The third-order valence-electron chi connectivity index (χ3n) is 2.67. The van der Waals surface area contributed by atoms with Crippen LogP contribution in [0.2, 0.25) is 0 Å². The maximum atomic E-state index is 11.8. The Labute approximate surface area is 129 Å².